The number of hydrogen-bond acceptors (Lipinski definition) is 4. The van der Waals surface area contributed by atoms with E-state index in [0.29, 0.717) is 38.4 Å². The summed E-state index contributed by atoms with van der Waals surface area (Å²) in [6, 6.07) is 7.79. The summed E-state index contributed by atoms with van der Waals surface area (Å²) < 4.78 is 5.32. The molecule has 0 atom stereocenters. The van der Waals surface area contributed by atoms with E-state index in [-0.39, 0.29) is 11.5 Å². The van der Waals surface area contributed by atoms with Crippen molar-refractivity contribution in [2.75, 3.05) is 26.3 Å². The fourth-order valence-electron chi connectivity index (χ4n) is 4.52. The molecule has 6 nitrogen and oxygen atoms in total. The molecule has 3 aliphatic rings. The van der Waals surface area contributed by atoms with Crippen molar-refractivity contribution in [3.63, 3.8) is 0 Å². The minimum absolute atomic E-state index is 0.0281. The average Bonchev–Trinajstić information content (AvgIpc) is 2.99. The van der Waals surface area contributed by atoms with Gasteiger partial charge in [-0.25, -0.2) is 0 Å². The number of ether oxygens (including phenoxy) is 1. The van der Waals surface area contributed by atoms with E-state index in [2.05, 4.69) is 0 Å². The van der Waals surface area contributed by atoms with E-state index in [4.69, 9.17) is 4.74 Å². The van der Waals surface area contributed by atoms with Crippen LogP contribution in [0.4, 0.5) is 0 Å². The third-order valence-electron chi connectivity index (χ3n) is 6.18. The lowest BCUT2D eigenvalue weighted by atomic mass is 9.78. The maximum absolute atomic E-state index is 13.2. The van der Waals surface area contributed by atoms with Gasteiger partial charge in [0, 0.05) is 18.7 Å². The number of nitrogens with zero attached hydrogens (tertiary/aromatic N) is 2. The Labute approximate surface area is 158 Å². The Kier molecular flexibility index (Phi) is 4.38. The first kappa shape index (κ1) is 17.9. The van der Waals surface area contributed by atoms with E-state index in [1.165, 1.54) is 0 Å². The molecule has 0 unspecified atom stereocenters. The third kappa shape index (κ3) is 2.54. The summed E-state index contributed by atoms with van der Waals surface area (Å²) in [6.45, 7) is 5.84. The van der Waals surface area contributed by atoms with Crippen LogP contribution in [-0.2, 0) is 25.5 Å². The molecule has 1 aromatic carbocycles. The molecule has 0 saturated carbocycles. The molecule has 6 heteroatoms. The maximum Gasteiger partial charge on any atom is 0.300 e. The number of morpholine rings is 1. The molecule has 3 heterocycles. The van der Waals surface area contributed by atoms with Crippen LogP contribution in [0.25, 0.3) is 5.70 Å². The quantitative estimate of drug-likeness (QED) is 0.603. The Morgan fingerprint density at radius 1 is 1.11 bits per heavy atom. The van der Waals surface area contributed by atoms with E-state index < -0.39 is 17.2 Å². The number of carbonyl (C=O) groups excluding carboxylic acids is 3. The predicted molar refractivity (Wildman–Crippen MR) is 99.6 cm³/mol. The highest BCUT2D eigenvalue weighted by Gasteiger charge is 2.53. The first-order chi connectivity index (χ1) is 13.0. The highest BCUT2D eigenvalue weighted by atomic mass is 16.5. The topological polar surface area (TPSA) is 66.9 Å². The monoisotopic (exact) mass is 368 g/mol. The van der Waals surface area contributed by atoms with Crippen LogP contribution in [0.5, 0.6) is 0 Å². The van der Waals surface area contributed by atoms with Crippen molar-refractivity contribution >= 4 is 23.3 Å². The van der Waals surface area contributed by atoms with E-state index in [9.17, 15) is 14.4 Å². The van der Waals surface area contributed by atoms with Crippen molar-refractivity contribution in [3.05, 3.63) is 41.0 Å². The molecule has 3 aliphatic heterocycles. The summed E-state index contributed by atoms with van der Waals surface area (Å²) in [5, 5.41) is 0. The Balaban J connectivity index is 1.92. The van der Waals surface area contributed by atoms with Crippen LogP contribution >= 0.6 is 0 Å². The van der Waals surface area contributed by atoms with Crippen LogP contribution in [0.2, 0.25) is 0 Å². The largest absolute Gasteiger partial charge is 0.378 e. The molecule has 142 valence electrons. The SMILES string of the molecule is CCC1(CC)Cc2ccccc2C2=C(C(=O)N3CCOCC3)C(=O)C(=O)N21. The molecule has 0 N–H and O–H groups in total. The van der Waals surface area contributed by atoms with E-state index in [1.54, 1.807) is 9.80 Å². The fourth-order valence-corrected chi connectivity index (χ4v) is 4.52. The molecule has 2 amide bonds. The zero-order chi connectivity index (χ0) is 19.2. The summed E-state index contributed by atoms with van der Waals surface area (Å²) in [7, 11) is 0. The molecule has 0 aliphatic carbocycles. The number of amides is 2. The summed E-state index contributed by atoms with van der Waals surface area (Å²) >= 11 is 0. The molecule has 27 heavy (non-hydrogen) atoms. The van der Waals surface area contributed by atoms with Gasteiger partial charge in [0.15, 0.2) is 0 Å². The van der Waals surface area contributed by atoms with E-state index in [1.807, 2.05) is 38.1 Å². The highest BCUT2D eigenvalue weighted by Crippen LogP contribution is 2.46. The number of Topliss-reactive ketones (excluding diaryl/α,β-unsaturated/α-hetero) is 1. The first-order valence-electron chi connectivity index (χ1n) is 9.62. The van der Waals surface area contributed by atoms with Crippen LogP contribution in [0.15, 0.2) is 29.8 Å². The summed E-state index contributed by atoms with van der Waals surface area (Å²) in [4.78, 5) is 42.5. The summed E-state index contributed by atoms with van der Waals surface area (Å²) in [5.74, 6) is -1.60. The zero-order valence-corrected chi connectivity index (χ0v) is 15.8. The molecule has 0 bridgehead atoms. The Bertz CT molecular complexity index is 847. The normalized spacial score (nSPS) is 21.4. The molecule has 1 saturated heterocycles. The lowest BCUT2D eigenvalue weighted by molar-refractivity contribution is -0.144. The van der Waals surface area contributed by atoms with Crippen molar-refractivity contribution in [2.24, 2.45) is 0 Å². The summed E-state index contributed by atoms with van der Waals surface area (Å²) in [6.07, 6.45) is 2.14. The Morgan fingerprint density at radius 3 is 2.44 bits per heavy atom. The second-order valence-corrected chi connectivity index (χ2v) is 7.36. The first-order valence-corrected chi connectivity index (χ1v) is 9.62. The van der Waals surface area contributed by atoms with Gasteiger partial charge in [0.2, 0.25) is 0 Å². The molecule has 1 aromatic rings. The van der Waals surface area contributed by atoms with Crippen molar-refractivity contribution in [2.45, 2.75) is 38.6 Å². The standard InChI is InChI=1S/C21H24N2O4/c1-3-21(4-2)13-14-7-5-6-8-15(14)17-16(18(24)20(26)23(17)21)19(25)22-9-11-27-12-10-22/h5-8H,3-4,9-13H2,1-2H3. The van der Waals surface area contributed by atoms with Gasteiger partial charge in [0.05, 0.1) is 24.4 Å². The Hall–Kier alpha value is -2.47. The number of carbonyl (C=O) groups is 3. The highest BCUT2D eigenvalue weighted by molar-refractivity contribution is 6.55. The third-order valence-corrected chi connectivity index (χ3v) is 6.18. The minimum Gasteiger partial charge on any atom is -0.378 e. The molecule has 0 radical (unpaired) electrons. The van der Waals surface area contributed by atoms with Crippen LogP contribution in [0.3, 0.4) is 0 Å². The number of hydrogen-bond donors (Lipinski definition) is 0. The maximum atomic E-state index is 13.2. The molecular weight excluding hydrogens is 344 g/mol. The van der Waals surface area contributed by atoms with Crippen LogP contribution in [0, 0.1) is 0 Å². The number of rotatable bonds is 3. The second kappa shape index (κ2) is 6.60. The van der Waals surface area contributed by atoms with Crippen molar-refractivity contribution < 1.29 is 19.1 Å². The fraction of sp³-hybridized carbons (Fsp3) is 0.476. The molecule has 4 rings (SSSR count). The molecule has 1 fully saturated rings. The van der Waals surface area contributed by atoms with Crippen molar-refractivity contribution in [1.29, 1.82) is 0 Å². The second-order valence-electron chi connectivity index (χ2n) is 7.36. The van der Waals surface area contributed by atoms with Gasteiger partial charge in [-0.2, -0.15) is 0 Å². The molecular formula is C21H24N2O4. The number of benzene rings is 1. The summed E-state index contributed by atoms with van der Waals surface area (Å²) in [5.41, 5.74) is 1.98. The molecule has 0 spiro atoms. The van der Waals surface area contributed by atoms with Gasteiger partial charge in [-0.05, 0) is 24.8 Å². The van der Waals surface area contributed by atoms with Gasteiger partial charge in [0.1, 0.15) is 5.57 Å². The van der Waals surface area contributed by atoms with Gasteiger partial charge < -0.3 is 9.64 Å². The van der Waals surface area contributed by atoms with E-state index >= 15 is 0 Å². The van der Waals surface area contributed by atoms with Crippen molar-refractivity contribution in [1.82, 2.24) is 9.80 Å². The van der Waals surface area contributed by atoms with Gasteiger partial charge in [-0.3, -0.25) is 19.3 Å². The smallest absolute Gasteiger partial charge is 0.300 e. The Morgan fingerprint density at radius 2 is 1.78 bits per heavy atom. The lowest BCUT2D eigenvalue weighted by Crippen LogP contribution is -2.53. The van der Waals surface area contributed by atoms with Crippen LogP contribution in [-0.4, -0.2) is 59.2 Å². The number of ketones is 1. The van der Waals surface area contributed by atoms with Gasteiger partial charge in [-0.1, -0.05) is 38.1 Å². The predicted octanol–water partition coefficient (Wildman–Crippen LogP) is 1.78. The van der Waals surface area contributed by atoms with Gasteiger partial charge in [0.25, 0.3) is 17.6 Å². The van der Waals surface area contributed by atoms with Crippen LogP contribution in [0.1, 0.15) is 37.8 Å². The molecule has 0 aromatic heterocycles. The van der Waals surface area contributed by atoms with Crippen molar-refractivity contribution in [3.8, 4) is 0 Å². The van der Waals surface area contributed by atoms with Gasteiger partial charge >= 0.3 is 0 Å². The zero-order valence-electron chi connectivity index (χ0n) is 15.8. The van der Waals surface area contributed by atoms with E-state index in [0.717, 1.165) is 24.0 Å². The van der Waals surface area contributed by atoms with Crippen LogP contribution < -0.4 is 0 Å². The lowest BCUT2D eigenvalue weighted by Gasteiger charge is -2.46. The number of fused-ring (bicyclic) bond motifs is 3. The van der Waals surface area contributed by atoms with Gasteiger partial charge in [-0.15, -0.1) is 0 Å². The minimum atomic E-state index is -0.676. The average molecular weight is 368 g/mol.